The molecule has 0 spiro atoms. The number of carbonyl (C=O) groups is 1. The van der Waals surface area contributed by atoms with Gasteiger partial charge in [-0.3, -0.25) is 0 Å². The molecule has 0 saturated carbocycles. The fourth-order valence-electron chi connectivity index (χ4n) is 1.84. The predicted octanol–water partition coefficient (Wildman–Crippen LogP) is 0.0451. The smallest absolute Gasteiger partial charge is 0.407 e. The van der Waals surface area contributed by atoms with Crippen molar-refractivity contribution in [3.05, 3.63) is 0 Å². The third-order valence-electron chi connectivity index (χ3n) is 2.66. The zero-order valence-electron chi connectivity index (χ0n) is 9.40. The first-order valence-electron chi connectivity index (χ1n) is 5.33. The summed E-state index contributed by atoms with van der Waals surface area (Å²) in [5.74, 6) is 0.293. The number of alkyl carbamates (subject to hydrolysis) is 1. The molecule has 0 aromatic heterocycles. The second-order valence-corrected chi connectivity index (χ2v) is 4.17. The Hall–Kier alpha value is -0.810. The number of carbonyl (C=O) groups excluding carboxylic acids is 1. The first kappa shape index (κ1) is 12.3. The van der Waals surface area contributed by atoms with Gasteiger partial charge in [0.05, 0.1) is 7.11 Å². The molecule has 2 atom stereocenters. The Morgan fingerprint density at radius 3 is 3.07 bits per heavy atom. The molecule has 0 aromatic rings. The summed E-state index contributed by atoms with van der Waals surface area (Å²) in [4.78, 5) is 13.2. The van der Waals surface area contributed by atoms with Gasteiger partial charge >= 0.3 is 6.09 Å². The highest BCUT2D eigenvalue weighted by atomic mass is 16.5. The lowest BCUT2D eigenvalue weighted by molar-refractivity contribution is 0.164. The maximum Gasteiger partial charge on any atom is 0.407 e. The average molecular weight is 216 g/mol. The molecule has 15 heavy (non-hydrogen) atoms. The third-order valence-corrected chi connectivity index (χ3v) is 2.66. The fraction of sp³-hybridized carbons (Fsp3) is 0.900. The van der Waals surface area contributed by atoms with Crippen molar-refractivity contribution >= 4 is 6.09 Å². The fourth-order valence-corrected chi connectivity index (χ4v) is 1.84. The summed E-state index contributed by atoms with van der Waals surface area (Å²) in [5.41, 5.74) is 0. The Labute approximate surface area is 90.4 Å². The number of hydrogen-bond acceptors (Lipinski definition) is 4. The predicted molar refractivity (Wildman–Crippen MR) is 56.6 cm³/mol. The van der Waals surface area contributed by atoms with Crippen LogP contribution in [0, 0.1) is 5.92 Å². The van der Waals surface area contributed by atoms with Crippen LogP contribution in [0.2, 0.25) is 0 Å². The van der Waals surface area contributed by atoms with Gasteiger partial charge in [0.2, 0.25) is 0 Å². The monoisotopic (exact) mass is 216 g/mol. The molecule has 2 unspecified atom stereocenters. The average Bonchev–Trinajstić information content (AvgIpc) is 2.65. The van der Waals surface area contributed by atoms with Gasteiger partial charge in [-0.25, -0.2) is 4.79 Å². The first-order valence-corrected chi connectivity index (χ1v) is 5.33. The van der Waals surface area contributed by atoms with Crippen LogP contribution in [0.5, 0.6) is 0 Å². The molecule has 1 rings (SSSR count). The van der Waals surface area contributed by atoms with E-state index in [0.29, 0.717) is 5.92 Å². The van der Waals surface area contributed by atoms with Crippen molar-refractivity contribution in [2.45, 2.75) is 19.4 Å². The van der Waals surface area contributed by atoms with Gasteiger partial charge in [-0.1, -0.05) is 6.92 Å². The number of aliphatic hydroxyl groups excluding tert-OH is 1. The van der Waals surface area contributed by atoms with Crippen LogP contribution in [-0.4, -0.2) is 55.5 Å². The molecule has 1 aliphatic rings. The van der Waals surface area contributed by atoms with Crippen molar-refractivity contribution < 1.29 is 14.6 Å². The number of ether oxygens (including phenoxy) is 1. The third kappa shape index (κ3) is 4.05. The standard InChI is InChI=1S/C10H20N2O3/c1-8(7-13)5-12-4-3-9(6-12)11-10(14)15-2/h8-9,13H,3-7H2,1-2H3,(H,11,14). The first-order chi connectivity index (χ1) is 7.15. The Bertz CT molecular complexity index is 211. The topological polar surface area (TPSA) is 61.8 Å². The van der Waals surface area contributed by atoms with Gasteiger partial charge in [0, 0.05) is 32.3 Å². The van der Waals surface area contributed by atoms with Gasteiger partial charge < -0.3 is 20.1 Å². The maximum absolute atomic E-state index is 11.0. The Kier molecular flexibility index (Phi) is 4.84. The number of rotatable bonds is 4. The van der Waals surface area contributed by atoms with Gasteiger partial charge in [-0.15, -0.1) is 0 Å². The molecular weight excluding hydrogens is 196 g/mol. The van der Waals surface area contributed by atoms with E-state index >= 15 is 0 Å². The van der Waals surface area contributed by atoms with Crippen LogP contribution in [0.4, 0.5) is 4.79 Å². The lowest BCUT2D eigenvalue weighted by Crippen LogP contribution is -2.37. The van der Waals surface area contributed by atoms with Crippen molar-refractivity contribution in [3.63, 3.8) is 0 Å². The Balaban J connectivity index is 2.23. The second-order valence-electron chi connectivity index (χ2n) is 4.17. The van der Waals surface area contributed by atoms with Crippen LogP contribution in [-0.2, 0) is 4.74 Å². The van der Waals surface area contributed by atoms with Crippen molar-refractivity contribution in [2.24, 2.45) is 5.92 Å². The lowest BCUT2D eigenvalue weighted by Gasteiger charge is -2.19. The minimum absolute atomic E-state index is 0.184. The van der Waals surface area contributed by atoms with Gasteiger partial charge in [0.15, 0.2) is 0 Å². The van der Waals surface area contributed by atoms with Crippen LogP contribution < -0.4 is 5.32 Å². The van der Waals surface area contributed by atoms with E-state index in [2.05, 4.69) is 15.0 Å². The van der Waals surface area contributed by atoms with Crippen LogP contribution in [0.3, 0.4) is 0 Å². The van der Waals surface area contributed by atoms with E-state index in [-0.39, 0.29) is 18.7 Å². The highest BCUT2D eigenvalue weighted by Crippen LogP contribution is 2.11. The summed E-state index contributed by atoms with van der Waals surface area (Å²) in [5, 5.41) is 11.7. The van der Waals surface area contributed by atoms with Crippen molar-refractivity contribution in [2.75, 3.05) is 33.4 Å². The minimum Gasteiger partial charge on any atom is -0.453 e. The van der Waals surface area contributed by atoms with Crippen LogP contribution in [0.25, 0.3) is 0 Å². The lowest BCUT2D eigenvalue weighted by atomic mass is 10.2. The number of aliphatic hydroxyl groups is 1. The molecule has 0 radical (unpaired) electrons. The highest BCUT2D eigenvalue weighted by Gasteiger charge is 2.24. The second kappa shape index (κ2) is 5.92. The van der Waals surface area contributed by atoms with Gasteiger partial charge in [0.1, 0.15) is 0 Å². The van der Waals surface area contributed by atoms with E-state index in [9.17, 15) is 4.79 Å². The number of amides is 1. The van der Waals surface area contributed by atoms with E-state index < -0.39 is 0 Å². The molecule has 5 nitrogen and oxygen atoms in total. The largest absolute Gasteiger partial charge is 0.453 e. The van der Waals surface area contributed by atoms with Gasteiger partial charge in [0.25, 0.3) is 0 Å². The zero-order valence-corrected chi connectivity index (χ0v) is 9.40. The Morgan fingerprint density at radius 1 is 1.73 bits per heavy atom. The number of methoxy groups -OCH3 is 1. The van der Waals surface area contributed by atoms with Gasteiger partial charge in [-0.05, 0) is 12.3 Å². The molecule has 1 fully saturated rings. The van der Waals surface area contributed by atoms with Crippen molar-refractivity contribution in [1.29, 1.82) is 0 Å². The summed E-state index contributed by atoms with van der Waals surface area (Å²) < 4.78 is 4.54. The minimum atomic E-state index is -0.364. The van der Waals surface area contributed by atoms with Crippen LogP contribution in [0.15, 0.2) is 0 Å². The number of nitrogens with zero attached hydrogens (tertiary/aromatic N) is 1. The molecule has 5 heteroatoms. The molecule has 1 heterocycles. The zero-order chi connectivity index (χ0) is 11.3. The molecule has 0 aromatic carbocycles. The van der Waals surface area contributed by atoms with Crippen molar-refractivity contribution in [1.82, 2.24) is 10.2 Å². The van der Waals surface area contributed by atoms with Gasteiger partial charge in [-0.2, -0.15) is 0 Å². The number of hydrogen-bond donors (Lipinski definition) is 2. The van der Waals surface area contributed by atoms with E-state index in [1.165, 1.54) is 7.11 Å². The maximum atomic E-state index is 11.0. The molecule has 1 amide bonds. The normalized spacial score (nSPS) is 23.8. The SMILES string of the molecule is COC(=O)NC1CCN(CC(C)CO)C1. The van der Waals surface area contributed by atoms with Crippen LogP contribution >= 0.6 is 0 Å². The van der Waals surface area contributed by atoms with E-state index in [0.717, 1.165) is 26.1 Å². The molecule has 0 bridgehead atoms. The summed E-state index contributed by atoms with van der Waals surface area (Å²) in [6.45, 7) is 4.93. The van der Waals surface area contributed by atoms with E-state index in [1.54, 1.807) is 0 Å². The van der Waals surface area contributed by atoms with E-state index in [4.69, 9.17) is 5.11 Å². The number of likely N-dealkylation sites (tertiary alicyclic amines) is 1. The summed E-state index contributed by atoms with van der Waals surface area (Å²) in [7, 11) is 1.37. The molecular formula is C10H20N2O3. The molecule has 0 aliphatic carbocycles. The Morgan fingerprint density at radius 2 is 2.47 bits per heavy atom. The quantitative estimate of drug-likeness (QED) is 0.697. The molecule has 1 saturated heterocycles. The molecule has 2 N–H and O–H groups in total. The van der Waals surface area contributed by atoms with Crippen molar-refractivity contribution in [3.8, 4) is 0 Å². The van der Waals surface area contributed by atoms with E-state index in [1.807, 2.05) is 6.92 Å². The molecule has 1 aliphatic heterocycles. The number of nitrogens with one attached hydrogen (secondary N) is 1. The summed E-state index contributed by atoms with van der Waals surface area (Å²) in [6.07, 6.45) is 0.588. The highest BCUT2D eigenvalue weighted by molar-refractivity contribution is 5.67. The van der Waals surface area contributed by atoms with Crippen LogP contribution in [0.1, 0.15) is 13.3 Å². The summed E-state index contributed by atoms with van der Waals surface area (Å²) in [6, 6.07) is 0.184. The molecule has 88 valence electrons. The summed E-state index contributed by atoms with van der Waals surface area (Å²) >= 11 is 0.